The Hall–Kier alpha value is -1.35. The van der Waals surface area contributed by atoms with Gasteiger partial charge in [0.15, 0.2) is 0 Å². The first-order valence-electron chi connectivity index (χ1n) is 6.33. The van der Waals surface area contributed by atoms with Crippen LogP contribution in [0.15, 0.2) is 12.1 Å². The van der Waals surface area contributed by atoms with Crippen LogP contribution in [-0.4, -0.2) is 37.4 Å². The number of hydrogen-bond acceptors (Lipinski definition) is 4. The summed E-state index contributed by atoms with van der Waals surface area (Å²) in [5, 5.41) is 11.5. The minimum atomic E-state index is -0.0725. The highest BCUT2D eigenvalue weighted by atomic mass is 32.1. The quantitative estimate of drug-likeness (QED) is 0.590. The Bertz CT molecular complexity index is 445. The highest BCUT2D eigenvalue weighted by molar-refractivity contribution is 7.14. The molecular formula is C14H19NO3S. The van der Waals surface area contributed by atoms with Gasteiger partial charge in [-0.15, -0.1) is 11.3 Å². The van der Waals surface area contributed by atoms with Crippen LogP contribution in [0.5, 0.6) is 0 Å². The largest absolute Gasteiger partial charge is 0.395 e. The Kier molecular flexibility index (Phi) is 7.91. The summed E-state index contributed by atoms with van der Waals surface area (Å²) in [6, 6.07) is 3.59. The number of thiophene rings is 1. The second kappa shape index (κ2) is 9.56. The minimum Gasteiger partial charge on any atom is -0.395 e. The molecule has 5 heteroatoms. The fraction of sp³-hybridized carbons (Fsp3) is 0.500. The Balaban J connectivity index is 2.35. The molecule has 0 aliphatic rings. The molecule has 0 spiro atoms. The molecule has 0 unspecified atom stereocenters. The number of nitrogens with one attached hydrogen (secondary N) is 1. The van der Waals surface area contributed by atoms with Gasteiger partial charge in [0, 0.05) is 26.2 Å². The lowest BCUT2D eigenvalue weighted by Gasteiger charge is -2.03. The Labute approximate surface area is 117 Å². The Morgan fingerprint density at radius 3 is 3.11 bits per heavy atom. The molecule has 1 amide bonds. The summed E-state index contributed by atoms with van der Waals surface area (Å²) in [6.45, 7) is 3.99. The van der Waals surface area contributed by atoms with E-state index in [-0.39, 0.29) is 12.5 Å². The predicted octanol–water partition coefficient (Wildman–Crippen LogP) is 1.64. The lowest BCUT2D eigenvalue weighted by Crippen LogP contribution is -2.24. The highest BCUT2D eigenvalue weighted by Gasteiger charge is 2.07. The average molecular weight is 281 g/mol. The van der Waals surface area contributed by atoms with E-state index in [0.29, 0.717) is 31.1 Å². The molecule has 104 valence electrons. The maximum absolute atomic E-state index is 11.8. The first kappa shape index (κ1) is 15.7. The van der Waals surface area contributed by atoms with E-state index in [1.165, 1.54) is 11.3 Å². The van der Waals surface area contributed by atoms with Crippen molar-refractivity contribution in [2.75, 3.05) is 26.4 Å². The van der Waals surface area contributed by atoms with Crippen LogP contribution >= 0.6 is 11.3 Å². The molecule has 0 saturated heterocycles. The van der Waals surface area contributed by atoms with Crippen LogP contribution in [0.3, 0.4) is 0 Å². The number of carbonyl (C=O) groups is 1. The molecule has 2 N–H and O–H groups in total. The van der Waals surface area contributed by atoms with E-state index < -0.39 is 0 Å². The van der Waals surface area contributed by atoms with Gasteiger partial charge in [-0.2, -0.15) is 0 Å². The summed E-state index contributed by atoms with van der Waals surface area (Å²) in [6.07, 6.45) is 1.27. The van der Waals surface area contributed by atoms with Crippen LogP contribution in [0.4, 0.5) is 0 Å². The molecule has 0 atom stereocenters. The van der Waals surface area contributed by atoms with E-state index in [1.807, 2.05) is 13.0 Å². The number of aliphatic hydroxyl groups excluding tert-OH is 1. The second-order valence-electron chi connectivity index (χ2n) is 3.75. The molecule has 0 aliphatic carbocycles. The third-order valence-corrected chi connectivity index (χ3v) is 3.23. The fourth-order valence-electron chi connectivity index (χ4n) is 1.34. The number of aliphatic hydroxyl groups is 1. The van der Waals surface area contributed by atoms with Crippen molar-refractivity contribution in [3.05, 3.63) is 21.9 Å². The predicted molar refractivity (Wildman–Crippen MR) is 76.3 cm³/mol. The van der Waals surface area contributed by atoms with Gasteiger partial charge in [0.05, 0.1) is 16.4 Å². The molecule has 4 nitrogen and oxygen atoms in total. The first-order valence-corrected chi connectivity index (χ1v) is 7.15. The molecule has 0 radical (unpaired) electrons. The lowest BCUT2D eigenvalue weighted by molar-refractivity contribution is 0.0948. The summed E-state index contributed by atoms with van der Waals surface area (Å²) in [5.41, 5.74) is 0. The zero-order chi connectivity index (χ0) is 13.9. The first-order chi connectivity index (χ1) is 9.27. The normalized spacial score (nSPS) is 9.79. The summed E-state index contributed by atoms with van der Waals surface area (Å²) in [4.78, 5) is 13.3. The number of ether oxygens (including phenoxy) is 1. The summed E-state index contributed by atoms with van der Waals surface area (Å²) < 4.78 is 5.19. The Morgan fingerprint density at radius 1 is 1.53 bits per heavy atom. The molecule has 0 saturated carbocycles. The molecule has 1 rings (SSSR count). The lowest BCUT2D eigenvalue weighted by atomic mass is 10.3. The third kappa shape index (κ3) is 6.39. The molecular weight excluding hydrogens is 262 g/mol. The molecule has 19 heavy (non-hydrogen) atoms. The minimum absolute atomic E-state index is 0.0611. The highest BCUT2D eigenvalue weighted by Crippen LogP contribution is 2.15. The summed E-state index contributed by atoms with van der Waals surface area (Å²) in [5.74, 6) is 5.67. The monoisotopic (exact) mass is 281 g/mol. The standard InChI is InChI=1S/C14H19NO3S/c1-2-18-11-5-9-15-14(17)13-8-7-12(19-13)6-3-4-10-16/h7-8,16H,2,4-5,9-11H2,1H3,(H,15,17). The van der Waals surface area contributed by atoms with E-state index >= 15 is 0 Å². The topological polar surface area (TPSA) is 58.6 Å². The number of hydrogen-bond donors (Lipinski definition) is 2. The van der Waals surface area contributed by atoms with E-state index in [0.717, 1.165) is 11.3 Å². The van der Waals surface area contributed by atoms with Gasteiger partial charge in [-0.25, -0.2) is 0 Å². The fourth-order valence-corrected chi connectivity index (χ4v) is 2.14. The smallest absolute Gasteiger partial charge is 0.261 e. The van der Waals surface area contributed by atoms with Crippen molar-refractivity contribution >= 4 is 17.2 Å². The molecule has 0 fully saturated rings. The van der Waals surface area contributed by atoms with Gasteiger partial charge < -0.3 is 15.2 Å². The molecule has 0 aliphatic heterocycles. The van der Waals surface area contributed by atoms with Gasteiger partial charge in [0.2, 0.25) is 0 Å². The van der Waals surface area contributed by atoms with Gasteiger partial charge in [0.1, 0.15) is 0 Å². The van der Waals surface area contributed by atoms with Gasteiger partial charge in [0.25, 0.3) is 5.91 Å². The van der Waals surface area contributed by atoms with Crippen molar-refractivity contribution in [1.82, 2.24) is 5.32 Å². The van der Waals surface area contributed by atoms with Crippen molar-refractivity contribution in [1.29, 1.82) is 0 Å². The molecule has 0 bridgehead atoms. The zero-order valence-electron chi connectivity index (χ0n) is 11.1. The van der Waals surface area contributed by atoms with Gasteiger partial charge in [-0.3, -0.25) is 4.79 Å². The van der Waals surface area contributed by atoms with Crippen molar-refractivity contribution in [3.63, 3.8) is 0 Å². The van der Waals surface area contributed by atoms with Crippen molar-refractivity contribution in [3.8, 4) is 11.8 Å². The van der Waals surface area contributed by atoms with Crippen LogP contribution in [0.1, 0.15) is 34.3 Å². The van der Waals surface area contributed by atoms with E-state index in [9.17, 15) is 4.79 Å². The van der Waals surface area contributed by atoms with Crippen molar-refractivity contribution in [2.24, 2.45) is 0 Å². The SMILES string of the molecule is CCOCCCNC(=O)c1ccc(C#CCCO)s1. The second-order valence-corrected chi connectivity index (χ2v) is 4.83. The van der Waals surface area contributed by atoms with Crippen molar-refractivity contribution < 1.29 is 14.6 Å². The van der Waals surface area contributed by atoms with E-state index in [1.54, 1.807) is 6.07 Å². The van der Waals surface area contributed by atoms with Gasteiger partial charge in [-0.1, -0.05) is 11.8 Å². The summed E-state index contributed by atoms with van der Waals surface area (Å²) >= 11 is 1.36. The Morgan fingerprint density at radius 2 is 2.37 bits per heavy atom. The van der Waals surface area contributed by atoms with Crippen LogP contribution in [0.25, 0.3) is 0 Å². The average Bonchev–Trinajstić information content (AvgIpc) is 2.87. The van der Waals surface area contributed by atoms with Crippen LogP contribution in [0.2, 0.25) is 0 Å². The van der Waals surface area contributed by atoms with Crippen LogP contribution < -0.4 is 5.32 Å². The zero-order valence-corrected chi connectivity index (χ0v) is 11.9. The number of rotatable bonds is 7. The van der Waals surface area contributed by atoms with Crippen LogP contribution in [-0.2, 0) is 4.74 Å². The third-order valence-electron chi connectivity index (χ3n) is 2.23. The number of amides is 1. The molecule has 1 aromatic rings. The van der Waals surface area contributed by atoms with Gasteiger partial charge >= 0.3 is 0 Å². The van der Waals surface area contributed by atoms with Gasteiger partial charge in [-0.05, 0) is 25.5 Å². The van der Waals surface area contributed by atoms with E-state index in [4.69, 9.17) is 9.84 Å². The van der Waals surface area contributed by atoms with E-state index in [2.05, 4.69) is 17.2 Å². The maximum Gasteiger partial charge on any atom is 0.261 e. The molecule has 1 heterocycles. The number of carbonyl (C=O) groups excluding carboxylic acids is 1. The van der Waals surface area contributed by atoms with Crippen LogP contribution in [0, 0.1) is 11.8 Å². The summed E-state index contributed by atoms with van der Waals surface area (Å²) in [7, 11) is 0. The maximum atomic E-state index is 11.8. The van der Waals surface area contributed by atoms with Crippen molar-refractivity contribution in [2.45, 2.75) is 19.8 Å². The molecule has 1 aromatic heterocycles. The molecule has 0 aromatic carbocycles.